The van der Waals surface area contributed by atoms with E-state index in [4.69, 9.17) is 9.47 Å². The van der Waals surface area contributed by atoms with E-state index in [0.29, 0.717) is 37.7 Å². The van der Waals surface area contributed by atoms with E-state index < -0.39 is 0 Å². The first-order valence-electron chi connectivity index (χ1n) is 8.46. The summed E-state index contributed by atoms with van der Waals surface area (Å²) in [4.78, 5) is 13.7. The summed E-state index contributed by atoms with van der Waals surface area (Å²) in [6.07, 6.45) is 2.60. The summed E-state index contributed by atoms with van der Waals surface area (Å²) in [5.74, 6) is 0.265. The fourth-order valence-electron chi connectivity index (χ4n) is 2.56. The first-order chi connectivity index (χ1) is 12.7. The van der Waals surface area contributed by atoms with Gasteiger partial charge in [0.25, 0.3) is 0 Å². The molecule has 1 aliphatic rings. The van der Waals surface area contributed by atoms with E-state index >= 15 is 0 Å². The van der Waals surface area contributed by atoms with Gasteiger partial charge in [0.05, 0.1) is 12.2 Å². The van der Waals surface area contributed by atoms with Crippen molar-refractivity contribution < 1.29 is 18.7 Å². The van der Waals surface area contributed by atoms with Crippen LogP contribution in [0.25, 0.3) is 0 Å². The molecule has 0 atom stereocenters. The van der Waals surface area contributed by atoms with Gasteiger partial charge in [-0.1, -0.05) is 5.21 Å². The van der Waals surface area contributed by atoms with Crippen molar-refractivity contribution in [2.45, 2.75) is 19.1 Å². The number of urea groups is 1. The Bertz CT molecular complexity index is 715. The van der Waals surface area contributed by atoms with E-state index in [1.165, 1.54) is 12.1 Å². The number of nitrogens with one attached hydrogen (secondary N) is 1. The minimum Gasteiger partial charge on any atom is -0.487 e. The molecule has 2 aromatic rings. The van der Waals surface area contributed by atoms with Crippen LogP contribution < -0.4 is 10.1 Å². The van der Waals surface area contributed by atoms with Crippen molar-refractivity contribution >= 4 is 6.03 Å². The first-order valence-corrected chi connectivity index (χ1v) is 8.46. The summed E-state index contributed by atoms with van der Waals surface area (Å²) in [7, 11) is 1.64. The molecule has 0 radical (unpaired) electrons. The van der Waals surface area contributed by atoms with Crippen molar-refractivity contribution in [1.29, 1.82) is 0 Å². The van der Waals surface area contributed by atoms with Gasteiger partial charge in [-0.3, -0.25) is 0 Å². The predicted octanol–water partition coefficient (Wildman–Crippen LogP) is 1.60. The molecule has 26 heavy (non-hydrogen) atoms. The lowest BCUT2D eigenvalue weighted by molar-refractivity contribution is 0.116. The maximum Gasteiger partial charge on any atom is 0.317 e. The Morgan fingerprint density at radius 1 is 1.35 bits per heavy atom. The zero-order valence-electron chi connectivity index (χ0n) is 14.6. The van der Waals surface area contributed by atoms with Crippen LogP contribution in [0.2, 0.25) is 0 Å². The number of nitrogens with zero attached hydrogens (tertiary/aromatic N) is 4. The van der Waals surface area contributed by atoms with Crippen LogP contribution >= 0.6 is 0 Å². The van der Waals surface area contributed by atoms with Gasteiger partial charge in [-0.15, -0.1) is 5.10 Å². The van der Waals surface area contributed by atoms with E-state index in [-0.39, 0.29) is 24.5 Å². The molecular formula is C17H22FN5O3. The molecular weight excluding hydrogens is 341 g/mol. The second-order valence-electron chi connectivity index (χ2n) is 6.07. The zero-order chi connectivity index (χ0) is 18.4. The van der Waals surface area contributed by atoms with Crippen LogP contribution in [0.15, 0.2) is 30.5 Å². The van der Waals surface area contributed by atoms with Gasteiger partial charge in [-0.25, -0.2) is 13.9 Å². The maximum atomic E-state index is 12.9. The Labute approximate surface area is 150 Å². The van der Waals surface area contributed by atoms with Gasteiger partial charge in [0.1, 0.15) is 23.9 Å². The van der Waals surface area contributed by atoms with E-state index in [9.17, 15) is 9.18 Å². The zero-order valence-corrected chi connectivity index (χ0v) is 14.6. The molecule has 8 nitrogen and oxygen atoms in total. The molecule has 2 amide bonds. The average molecular weight is 363 g/mol. The number of methoxy groups -OCH3 is 1. The van der Waals surface area contributed by atoms with Gasteiger partial charge in [-0.2, -0.15) is 0 Å². The van der Waals surface area contributed by atoms with E-state index in [1.807, 2.05) is 6.20 Å². The minimum atomic E-state index is -0.305. The summed E-state index contributed by atoms with van der Waals surface area (Å²) < 4.78 is 25.1. The first kappa shape index (κ1) is 18.1. The number of hydrogen-bond donors (Lipinski definition) is 1. The Hall–Kier alpha value is -2.68. The molecule has 0 aliphatic carbocycles. The number of carbonyl (C=O) groups is 1. The third-order valence-corrected chi connectivity index (χ3v) is 4.08. The van der Waals surface area contributed by atoms with Gasteiger partial charge in [0, 0.05) is 33.4 Å². The number of benzene rings is 1. The van der Waals surface area contributed by atoms with Crippen LogP contribution in [0.5, 0.6) is 5.75 Å². The fourth-order valence-corrected chi connectivity index (χ4v) is 2.56. The van der Waals surface area contributed by atoms with Crippen molar-refractivity contribution in [3.8, 4) is 5.75 Å². The highest BCUT2D eigenvalue weighted by molar-refractivity contribution is 5.75. The van der Waals surface area contributed by atoms with Crippen molar-refractivity contribution in [1.82, 2.24) is 25.2 Å². The molecule has 1 aliphatic heterocycles. The number of likely N-dealkylation sites (tertiary alicyclic amines) is 1. The standard InChI is InChI=1S/C17H22FN5O3/c1-25-8-2-7-19-17(24)22-10-15(11-22)23-9-14(20-21-23)12-26-16-5-3-13(18)4-6-16/h3-6,9,15H,2,7-8,10-12H2,1H3,(H,19,24). The fraction of sp³-hybridized carbons (Fsp3) is 0.471. The lowest BCUT2D eigenvalue weighted by Gasteiger charge is -2.38. The molecule has 0 unspecified atom stereocenters. The Kier molecular flexibility index (Phi) is 6.00. The number of ether oxygens (including phenoxy) is 2. The van der Waals surface area contributed by atoms with Crippen LogP contribution in [0.1, 0.15) is 18.2 Å². The van der Waals surface area contributed by atoms with E-state index in [2.05, 4.69) is 15.6 Å². The number of amides is 2. The van der Waals surface area contributed by atoms with Gasteiger partial charge in [-0.05, 0) is 30.7 Å². The number of carbonyl (C=O) groups excluding carboxylic acids is 1. The highest BCUT2D eigenvalue weighted by Crippen LogP contribution is 2.20. The largest absolute Gasteiger partial charge is 0.487 e. The summed E-state index contributed by atoms with van der Waals surface area (Å²) in [6, 6.07) is 5.86. The number of hydrogen-bond acceptors (Lipinski definition) is 5. The lowest BCUT2D eigenvalue weighted by Crippen LogP contribution is -2.54. The molecule has 1 aromatic carbocycles. The highest BCUT2D eigenvalue weighted by atomic mass is 19.1. The molecule has 2 heterocycles. The smallest absolute Gasteiger partial charge is 0.317 e. The van der Waals surface area contributed by atoms with Crippen molar-refractivity contribution in [3.63, 3.8) is 0 Å². The predicted molar refractivity (Wildman–Crippen MR) is 91.3 cm³/mol. The van der Waals surface area contributed by atoms with Crippen LogP contribution in [-0.4, -0.2) is 59.3 Å². The van der Waals surface area contributed by atoms with E-state index in [1.54, 1.807) is 28.8 Å². The summed E-state index contributed by atoms with van der Waals surface area (Å²) in [5, 5.41) is 11.0. The second-order valence-corrected chi connectivity index (χ2v) is 6.07. The molecule has 1 aromatic heterocycles. The van der Waals surface area contributed by atoms with Gasteiger partial charge < -0.3 is 19.7 Å². The summed E-state index contributed by atoms with van der Waals surface area (Å²) in [5.41, 5.74) is 0.678. The quantitative estimate of drug-likeness (QED) is 0.721. The molecule has 1 N–H and O–H groups in total. The van der Waals surface area contributed by atoms with Gasteiger partial charge >= 0.3 is 6.03 Å². The Morgan fingerprint density at radius 3 is 2.85 bits per heavy atom. The molecule has 3 rings (SSSR count). The molecule has 1 fully saturated rings. The molecule has 9 heteroatoms. The van der Waals surface area contributed by atoms with Crippen molar-refractivity contribution in [2.75, 3.05) is 33.4 Å². The van der Waals surface area contributed by atoms with Crippen molar-refractivity contribution in [2.24, 2.45) is 0 Å². The summed E-state index contributed by atoms with van der Waals surface area (Å²) in [6.45, 7) is 2.67. The number of halogens is 1. The molecule has 0 spiro atoms. The average Bonchev–Trinajstić information content (AvgIpc) is 3.05. The second kappa shape index (κ2) is 8.61. The minimum absolute atomic E-state index is 0.0719. The van der Waals surface area contributed by atoms with Crippen LogP contribution in [-0.2, 0) is 11.3 Å². The Balaban J connectivity index is 1.40. The van der Waals surface area contributed by atoms with Crippen molar-refractivity contribution in [3.05, 3.63) is 42.0 Å². The third kappa shape index (κ3) is 4.69. The van der Waals surface area contributed by atoms with E-state index in [0.717, 1.165) is 6.42 Å². The highest BCUT2D eigenvalue weighted by Gasteiger charge is 2.32. The molecule has 1 saturated heterocycles. The monoisotopic (exact) mass is 363 g/mol. The third-order valence-electron chi connectivity index (χ3n) is 4.08. The molecule has 140 valence electrons. The topological polar surface area (TPSA) is 81.5 Å². The number of rotatable bonds is 8. The van der Waals surface area contributed by atoms with Crippen LogP contribution in [0.3, 0.4) is 0 Å². The van der Waals surface area contributed by atoms with Gasteiger partial charge in [0.15, 0.2) is 0 Å². The van der Waals surface area contributed by atoms with Crippen LogP contribution in [0, 0.1) is 5.82 Å². The number of aromatic nitrogens is 3. The SMILES string of the molecule is COCCCNC(=O)N1CC(n2cc(COc3ccc(F)cc3)nn2)C1. The molecule has 0 saturated carbocycles. The lowest BCUT2D eigenvalue weighted by atomic mass is 10.1. The summed E-state index contributed by atoms with van der Waals surface area (Å²) >= 11 is 0. The van der Waals surface area contributed by atoms with Crippen LogP contribution in [0.4, 0.5) is 9.18 Å². The Morgan fingerprint density at radius 2 is 2.12 bits per heavy atom. The maximum absolute atomic E-state index is 12.9. The normalized spacial score (nSPS) is 14.2. The molecule has 0 bridgehead atoms. The van der Waals surface area contributed by atoms with Gasteiger partial charge in [0.2, 0.25) is 0 Å².